The summed E-state index contributed by atoms with van der Waals surface area (Å²) in [7, 11) is 0. The maximum Gasteiger partial charge on any atom is 0.215 e. The number of thioether (sulfide) groups is 1. The van der Waals surface area contributed by atoms with Crippen LogP contribution in [-0.2, 0) is 4.79 Å². The first-order valence-corrected chi connectivity index (χ1v) is 5.68. The van der Waals surface area contributed by atoms with E-state index in [9.17, 15) is 4.79 Å². The maximum atomic E-state index is 11.7. The Morgan fingerprint density at radius 3 is 2.62 bits per heavy atom. The molecule has 1 nitrogen and oxygen atoms in total. The van der Waals surface area contributed by atoms with Crippen molar-refractivity contribution in [2.75, 3.05) is 6.26 Å². The molecule has 1 aliphatic rings. The molecule has 0 saturated carbocycles. The third-order valence-electron chi connectivity index (χ3n) is 2.42. The molecule has 0 aromatic carbocycles. The van der Waals surface area contributed by atoms with Crippen molar-refractivity contribution in [3.8, 4) is 0 Å². The predicted octanol–water partition coefficient (Wildman–Crippen LogP) is 3.18. The molecule has 0 fully saturated rings. The van der Waals surface area contributed by atoms with Crippen molar-refractivity contribution in [1.82, 2.24) is 0 Å². The Kier molecular flexibility index (Phi) is 3.01. The van der Waals surface area contributed by atoms with E-state index in [2.05, 4.69) is 32.9 Å². The van der Waals surface area contributed by atoms with Crippen LogP contribution in [0, 0.1) is 5.41 Å². The van der Waals surface area contributed by atoms with Crippen molar-refractivity contribution >= 4 is 16.9 Å². The summed E-state index contributed by atoms with van der Waals surface area (Å²) in [6.07, 6.45) is 7.04. The minimum absolute atomic E-state index is 0.0809. The Morgan fingerprint density at radius 1 is 1.54 bits per heavy atom. The van der Waals surface area contributed by atoms with E-state index in [1.54, 1.807) is 0 Å². The summed E-state index contributed by atoms with van der Waals surface area (Å²) in [5.74, 6) is 0. The van der Waals surface area contributed by atoms with E-state index in [0.29, 0.717) is 0 Å². The molecule has 0 radical (unpaired) electrons. The lowest BCUT2D eigenvalue weighted by Gasteiger charge is -2.28. The van der Waals surface area contributed by atoms with Crippen LogP contribution in [0.1, 0.15) is 27.2 Å². The summed E-state index contributed by atoms with van der Waals surface area (Å²) in [5.41, 5.74) is 2.12. The van der Waals surface area contributed by atoms with Gasteiger partial charge in [0.1, 0.15) is 0 Å². The SMILES string of the molecule is CSC(=O)C1=C(C)CC=CC1(C)C. The fourth-order valence-electron chi connectivity index (χ4n) is 1.81. The van der Waals surface area contributed by atoms with Crippen LogP contribution in [0.3, 0.4) is 0 Å². The van der Waals surface area contributed by atoms with Crippen molar-refractivity contribution in [3.05, 3.63) is 23.3 Å². The molecule has 1 aliphatic carbocycles. The number of rotatable bonds is 1. The van der Waals surface area contributed by atoms with Gasteiger partial charge in [-0.3, -0.25) is 4.79 Å². The second kappa shape index (κ2) is 3.70. The highest BCUT2D eigenvalue weighted by Crippen LogP contribution is 2.37. The normalized spacial score (nSPS) is 20.6. The first-order valence-electron chi connectivity index (χ1n) is 4.45. The molecule has 0 aliphatic heterocycles. The number of carbonyl (C=O) groups excluding carboxylic acids is 1. The maximum absolute atomic E-state index is 11.7. The molecule has 72 valence electrons. The standard InChI is InChI=1S/C11H16OS/c1-8-6-5-7-11(2,3)9(8)10(12)13-4/h5,7H,6H2,1-4H3. The van der Waals surface area contributed by atoms with Crippen molar-refractivity contribution in [2.24, 2.45) is 5.41 Å². The summed E-state index contributed by atoms with van der Waals surface area (Å²) in [6.45, 7) is 6.24. The Labute approximate surface area is 84.3 Å². The van der Waals surface area contributed by atoms with Gasteiger partial charge < -0.3 is 0 Å². The second-order valence-corrected chi connectivity index (χ2v) is 4.75. The zero-order chi connectivity index (χ0) is 10.1. The van der Waals surface area contributed by atoms with Crippen LogP contribution >= 0.6 is 11.8 Å². The molecule has 0 unspecified atom stereocenters. The molecule has 0 N–H and O–H groups in total. The largest absolute Gasteiger partial charge is 0.282 e. The zero-order valence-electron chi connectivity index (χ0n) is 8.68. The second-order valence-electron chi connectivity index (χ2n) is 3.98. The Bertz CT molecular complexity index is 284. The van der Waals surface area contributed by atoms with Crippen LogP contribution in [0.4, 0.5) is 0 Å². The van der Waals surface area contributed by atoms with Crippen molar-refractivity contribution in [2.45, 2.75) is 27.2 Å². The third-order valence-corrected chi connectivity index (χ3v) is 2.99. The van der Waals surface area contributed by atoms with Crippen LogP contribution in [-0.4, -0.2) is 11.4 Å². The van der Waals surface area contributed by atoms with Gasteiger partial charge in [0.15, 0.2) is 0 Å². The van der Waals surface area contributed by atoms with E-state index in [1.807, 2.05) is 6.26 Å². The summed E-state index contributed by atoms with van der Waals surface area (Å²) in [5, 5.41) is 0.215. The molecule has 2 heteroatoms. The van der Waals surface area contributed by atoms with E-state index in [1.165, 1.54) is 17.3 Å². The van der Waals surface area contributed by atoms with Gasteiger partial charge in [0.25, 0.3) is 0 Å². The molecule has 1 rings (SSSR count). The lowest BCUT2D eigenvalue weighted by molar-refractivity contribution is -0.108. The van der Waals surface area contributed by atoms with Gasteiger partial charge in [-0.1, -0.05) is 43.3 Å². The Balaban J connectivity index is 3.08. The van der Waals surface area contributed by atoms with Gasteiger partial charge in [-0.25, -0.2) is 0 Å². The molecule has 0 amide bonds. The smallest absolute Gasteiger partial charge is 0.215 e. The Hall–Kier alpha value is -0.500. The van der Waals surface area contributed by atoms with E-state index in [0.717, 1.165) is 12.0 Å². The molecule has 0 spiro atoms. The summed E-state index contributed by atoms with van der Waals surface area (Å²) >= 11 is 1.31. The van der Waals surface area contributed by atoms with Gasteiger partial charge >= 0.3 is 0 Å². The molecule has 0 atom stereocenters. The minimum Gasteiger partial charge on any atom is -0.282 e. The van der Waals surface area contributed by atoms with Gasteiger partial charge in [-0.15, -0.1) is 0 Å². The lowest BCUT2D eigenvalue weighted by atomic mass is 9.78. The highest BCUT2D eigenvalue weighted by Gasteiger charge is 2.29. The zero-order valence-corrected chi connectivity index (χ0v) is 9.49. The molecule has 0 aromatic heterocycles. The topological polar surface area (TPSA) is 17.1 Å². The number of hydrogen-bond acceptors (Lipinski definition) is 2. The highest BCUT2D eigenvalue weighted by molar-refractivity contribution is 8.13. The van der Waals surface area contributed by atoms with Crippen LogP contribution in [0.5, 0.6) is 0 Å². The molecule has 13 heavy (non-hydrogen) atoms. The minimum atomic E-state index is -0.0809. The number of hydrogen-bond donors (Lipinski definition) is 0. The molecular formula is C11H16OS. The van der Waals surface area contributed by atoms with Gasteiger partial charge in [-0.2, -0.15) is 0 Å². The fourth-order valence-corrected chi connectivity index (χ4v) is 2.45. The first kappa shape index (κ1) is 10.6. The highest BCUT2D eigenvalue weighted by atomic mass is 32.2. The van der Waals surface area contributed by atoms with Gasteiger partial charge in [0, 0.05) is 11.0 Å². The lowest BCUT2D eigenvalue weighted by Crippen LogP contribution is -2.21. The van der Waals surface area contributed by atoms with E-state index >= 15 is 0 Å². The van der Waals surface area contributed by atoms with Crippen molar-refractivity contribution in [1.29, 1.82) is 0 Å². The molecule has 0 aromatic rings. The molecular weight excluding hydrogens is 180 g/mol. The molecule has 0 heterocycles. The van der Waals surface area contributed by atoms with Crippen LogP contribution < -0.4 is 0 Å². The van der Waals surface area contributed by atoms with E-state index in [4.69, 9.17) is 0 Å². The van der Waals surface area contributed by atoms with Crippen LogP contribution in [0.2, 0.25) is 0 Å². The average molecular weight is 196 g/mol. The molecule has 0 bridgehead atoms. The summed E-state index contributed by atoms with van der Waals surface area (Å²) < 4.78 is 0. The van der Waals surface area contributed by atoms with Crippen molar-refractivity contribution in [3.63, 3.8) is 0 Å². The van der Waals surface area contributed by atoms with Gasteiger partial charge in [0.2, 0.25) is 5.12 Å². The van der Waals surface area contributed by atoms with Gasteiger partial charge in [0.05, 0.1) is 0 Å². The number of carbonyl (C=O) groups is 1. The quantitative estimate of drug-likeness (QED) is 0.599. The van der Waals surface area contributed by atoms with Crippen LogP contribution in [0.25, 0.3) is 0 Å². The van der Waals surface area contributed by atoms with Crippen LogP contribution in [0.15, 0.2) is 23.3 Å². The summed E-state index contributed by atoms with van der Waals surface area (Å²) in [4.78, 5) is 11.7. The van der Waals surface area contributed by atoms with E-state index in [-0.39, 0.29) is 10.5 Å². The predicted molar refractivity (Wildman–Crippen MR) is 58.8 cm³/mol. The Morgan fingerprint density at radius 2 is 2.15 bits per heavy atom. The molecule has 0 saturated heterocycles. The van der Waals surface area contributed by atoms with E-state index < -0.39 is 0 Å². The van der Waals surface area contributed by atoms with Crippen molar-refractivity contribution < 1.29 is 4.79 Å². The van der Waals surface area contributed by atoms with Gasteiger partial charge in [-0.05, 0) is 19.6 Å². The third kappa shape index (κ3) is 2.05. The average Bonchev–Trinajstić information content (AvgIpc) is 2.02. The monoisotopic (exact) mass is 196 g/mol. The summed E-state index contributed by atoms with van der Waals surface area (Å²) in [6, 6.07) is 0. The first-order chi connectivity index (χ1) is 5.99. The number of allylic oxidation sites excluding steroid dienone is 3. The fraction of sp³-hybridized carbons (Fsp3) is 0.545.